The molecule has 0 aromatic carbocycles. The van der Waals surface area contributed by atoms with E-state index >= 15 is 0 Å². The number of hydrogen-bond donors (Lipinski definition) is 0. The smallest absolute Gasteiger partial charge is 0.306 e. The van der Waals surface area contributed by atoms with Crippen molar-refractivity contribution in [1.82, 2.24) is 0 Å². The van der Waals surface area contributed by atoms with E-state index in [2.05, 4.69) is 26.0 Å². The summed E-state index contributed by atoms with van der Waals surface area (Å²) in [5.41, 5.74) is 0. The van der Waals surface area contributed by atoms with Gasteiger partial charge in [0.2, 0.25) is 0 Å². The third-order valence-corrected chi connectivity index (χ3v) is 7.03. The Morgan fingerprint density at radius 3 is 2.00 bits per heavy atom. The molecule has 0 amide bonds. The number of unbranched alkanes of at least 4 members (excludes halogenated alkanes) is 11. The van der Waals surface area contributed by atoms with Crippen molar-refractivity contribution >= 4 is 13.8 Å². The summed E-state index contributed by atoms with van der Waals surface area (Å²) in [5.74, 6) is -0.363. The molecule has 0 fully saturated rings. The summed E-state index contributed by atoms with van der Waals surface area (Å²) in [6.07, 6.45) is 20.0. The van der Waals surface area contributed by atoms with E-state index in [0.717, 1.165) is 32.1 Å². The van der Waals surface area contributed by atoms with Gasteiger partial charge in [-0.1, -0.05) is 77.4 Å². The molecule has 0 N–H and O–H groups in total. The molecule has 9 heteroatoms. The van der Waals surface area contributed by atoms with Gasteiger partial charge in [0.05, 0.1) is 34.4 Å². The molecule has 8 nitrogen and oxygen atoms in total. The van der Waals surface area contributed by atoms with Crippen molar-refractivity contribution in [2.45, 2.75) is 116 Å². The fourth-order valence-electron chi connectivity index (χ4n) is 3.65. The monoisotopic (exact) mass is 563 g/mol. The van der Waals surface area contributed by atoms with Gasteiger partial charge in [0, 0.05) is 13.0 Å². The first kappa shape index (κ1) is 37.2. The fourth-order valence-corrected chi connectivity index (χ4v) is 4.38. The van der Waals surface area contributed by atoms with Crippen LogP contribution in [0.2, 0.25) is 0 Å². The lowest BCUT2D eigenvalue weighted by atomic mass is 10.1. The van der Waals surface area contributed by atoms with Crippen LogP contribution in [0.5, 0.6) is 0 Å². The van der Waals surface area contributed by atoms with Crippen molar-refractivity contribution in [3.63, 3.8) is 0 Å². The molecule has 0 rings (SSSR count). The van der Waals surface area contributed by atoms with Gasteiger partial charge in [0.1, 0.15) is 19.3 Å². The first-order valence-corrected chi connectivity index (χ1v) is 16.4. The predicted molar refractivity (Wildman–Crippen MR) is 153 cm³/mol. The lowest BCUT2D eigenvalue weighted by Gasteiger charge is -2.28. The van der Waals surface area contributed by atoms with Gasteiger partial charge in [-0.15, -0.1) is 0 Å². The summed E-state index contributed by atoms with van der Waals surface area (Å²) in [4.78, 5) is 24.3. The van der Waals surface area contributed by atoms with Crippen molar-refractivity contribution in [3.8, 4) is 0 Å². The molecule has 0 saturated heterocycles. The van der Waals surface area contributed by atoms with E-state index in [9.17, 15) is 14.3 Å². The number of likely N-dealkylation sites (N-methyl/N-ethyl adjacent to an activating group) is 1. The molecule has 0 heterocycles. The van der Waals surface area contributed by atoms with Gasteiger partial charge in [-0.05, 0) is 38.5 Å². The van der Waals surface area contributed by atoms with Gasteiger partial charge >= 0.3 is 5.97 Å². The van der Waals surface area contributed by atoms with Crippen LogP contribution in [0.1, 0.15) is 110 Å². The van der Waals surface area contributed by atoms with Crippen molar-refractivity contribution < 1.29 is 37.3 Å². The largest absolute Gasteiger partial charge is 0.756 e. The second-order valence-electron chi connectivity index (χ2n) is 11.1. The van der Waals surface area contributed by atoms with Crippen LogP contribution in [0.25, 0.3) is 0 Å². The summed E-state index contributed by atoms with van der Waals surface area (Å²) < 4.78 is 33.8. The number of carbonyl (C=O) groups excluding carboxylic acids is 1. The van der Waals surface area contributed by atoms with Crippen LogP contribution >= 0.6 is 7.82 Å². The number of hydrogen-bond acceptors (Lipinski definition) is 7. The standard InChI is InChI=1S/C29H58NO7P/c1-6-8-10-11-12-13-14-15-16-17-18-19-21-24-34-26-28(37-29(31)22-20-9-7-2)27-36-38(32,33)35-25-23-30(3,4)5/h12-13,28H,6-11,14-27H2,1-5H3/b13-12-. The first-order valence-electron chi connectivity index (χ1n) is 14.9. The highest BCUT2D eigenvalue weighted by Gasteiger charge is 2.20. The Morgan fingerprint density at radius 1 is 0.789 bits per heavy atom. The molecule has 0 aromatic heterocycles. The second-order valence-corrected chi connectivity index (χ2v) is 12.5. The van der Waals surface area contributed by atoms with Crippen LogP contribution in [0.3, 0.4) is 0 Å². The molecular formula is C29H58NO7P. The highest BCUT2D eigenvalue weighted by atomic mass is 31.2. The summed E-state index contributed by atoms with van der Waals surface area (Å²) in [6, 6.07) is 0. The van der Waals surface area contributed by atoms with Crippen LogP contribution in [0, 0.1) is 0 Å². The summed E-state index contributed by atoms with van der Waals surface area (Å²) >= 11 is 0. The number of ether oxygens (including phenoxy) is 2. The lowest BCUT2D eigenvalue weighted by Crippen LogP contribution is -2.37. The quantitative estimate of drug-likeness (QED) is 0.0367. The van der Waals surface area contributed by atoms with Crippen LogP contribution in [0.4, 0.5) is 0 Å². The zero-order valence-electron chi connectivity index (χ0n) is 25.1. The van der Waals surface area contributed by atoms with E-state index in [-0.39, 0.29) is 25.8 Å². The summed E-state index contributed by atoms with van der Waals surface area (Å²) in [7, 11) is 1.35. The lowest BCUT2D eigenvalue weighted by molar-refractivity contribution is -0.870. The minimum Gasteiger partial charge on any atom is -0.756 e. The van der Waals surface area contributed by atoms with Crippen LogP contribution in [-0.2, 0) is 27.9 Å². The molecule has 0 aliphatic carbocycles. The van der Waals surface area contributed by atoms with Gasteiger partial charge < -0.3 is 27.9 Å². The molecule has 2 atom stereocenters. The van der Waals surface area contributed by atoms with Crippen molar-refractivity contribution in [2.24, 2.45) is 0 Å². The van der Waals surface area contributed by atoms with Crippen LogP contribution in [0.15, 0.2) is 12.2 Å². The Bertz CT molecular complexity index is 637. The molecule has 0 saturated carbocycles. The highest BCUT2D eigenvalue weighted by molar-refractivity contribution is 7.45. The number of allylic oxidation sites excluding steroid dienone is 2. The number of carbonyl (C=O) groups is 1. The molecule has 0 spiro atoms. The SMILES string of the molecule is CCCCC/C=C\CCCCCCCCOCC(COP(=O)([O-])OCC[N+](C)(C)C)OC(=O)CCCCC. The second kappa shape index (κ2) is 24.1. The predicted octanol–water partition coefficient (Wildman–Crippen LogP) is 6.57. The van der Waals surface area contributed by atoms with Crippen LogP contribution < -0.4 is 4.89 Å². The van der Waals surface area contributed by atoms with Gasteiger partial charge in [-0.25, -0.2) is 0 Å². The number of quaternary nitrogens is 1. The highest BCUT2D eigenvalue weighted by Crippen LogP contribution is 2.38. The van der Waals surface area contributed by atoms with Crippen molar-refractivity contribution in [1.29, 1.82) is 0 Å². The van der Waals surface area contributed by atoms with Crippen LogP contribution in [-0.4, -0.2) is 70.7 Å². The Balaban J connectivity index is 4.19. The third-order valence-electron chi connectivity index (χ3n) is 6.07. The average molecular weight is 564 g/mol. The molecule has 226 valence electrons. The Morgan fingerprint density at radius 2 is 1.37 bits per heavy atom. The third kappa shape index (κ3) is 26.8. The van der Waals surface area contributed by atoms with Gasteiger partial charge in [0.25, 0.3) is 7.82 Å². The molecule has 2 unspecified atom stereocenters. The molecule has 0 radical (unpaired) electrons. The van der Waals surface area contributed by atoms with E-state index in [0.29, 0.717) is 24.1 Å². The van der Waals surface area contributed by atoms with E-state index in [1.807, 2.05) is 21.1 Å². The topological polar surface area (TPSA) is 94.1 Å². The van der Waals surface area contributed by atoms with Gasteiger partial charge in [0.15, 0.2) is 0 Å². The Hall–Kier alpha value is -0.760. The maximum atomic E-state index is 12.2. The molecule has 0 aliphatic heterocycles. The molecule has 0 aliphatic rings. The average Bonchev–Trinajstić information content (AvgIpc) is 2.84. The Kier molecular flexibility index (Phi) is 23.6. The molecule has 0 aromatic rings. The van der Waals surface area contributed by atoms with Crippen molar-refractivity contribution in [2.75, 3.05) is 54.1 Å². The minimum absolute atomic E-state index is 0.0258. The normalized spacial score (nSPS) is 14.6. The zero-order chi connectivity index (χ0) is 28.5. The molecule has 0 bridgehead atoms. The molecule has 38 heavy (non-hydrogen) atoms. The van der Waals surface area contributed by atoms with Gasteiger partial charge in [-0.2, -0.15) is 0 Å². The summed E-state index contributed by atoms with van der Waals surface area (Å²) in [5, 5.41) is 0. The molecular weight excluding hydrogens is 505 g/mol. The minimum atomic E-state index is -4.49. The van der Waals surface area contributed by atoms with Crippen molar-refractivity contribution in [3.05, 3.63) is 12.2 Å². The van der Waals surface area contributed by atoms with E-state index in [1.165, 1.54) is 57.8 Å². The maximum Gasteiger partial charge on any atom is 0.306 e. The maximum absolute atomic E-state index is 12.2. The fraction of sp³-hybridized carbons (Fsp3) is 0.897. The number of nitrogens with zero attached hydrogens (tertiary/aromatic N) is 1. The number of phosphoric acid groups is 1. The van der Waals surface area contributed by atoms with Gasteiger partial charge in [-0.3, -0.25) is 9.36 Å². The van der Waals surface area contributed by atoms with E-state index in [4.69, 9.17) is 18.5 Å². The number of esters is 1. The number of rotatable bonds is 27. The first-order chi connectivity index (χ1) is 18.1. The van der Waals surface area contributed by atoms with E-state index in [1.54, 1.807) is 0 Å². The van der Waals surface area contributed by atoms with E-state index < -0.39 is 13.9 Å². The number of phosphoric ester groups is 1. The Labute approximate surface area is 233 Å². The summed E-state index contributed by atoms with van der Waals surface area (Å²) in [6.45, 7) is 5.17. The zero-order valence-corrected chi connectivity index (χ0v) is 26.0.